The number of likely N-dealkylation sites (tertiary alicyclic amines) is 1. The molecule has 1 aromatic rings. The first-order chi connectivity index (χ1) is 11.7. The third-order valence-corrected chi connectivity index (χ3v) is 4.68. The van der Waals surface area contributed by atoms with E-state index < -0.39 is 0 Å². The molecular weight excluding hydrogens is 308 g/mol. The van der Waals surface area contributed by atoms with Crippen LogP contribution in [0.3, 0.4) is 0 Å². The van der Waals surface area contributed by atoms with Gasteiger partial charge in [-0.15, -0.1) is 0 Å². The molecule has 0 bridgehead atoms. The topological polar surface area (TPSA) is 60.0 Å². The van der Waals surface area contributed by atoms with Crippen LogP contribution in [0.15, 0.2) is 24.3 Å². The van der Waals surface area contributed by atoms with Crippen LogP contribution in [0.2, 0.25) is 0 Å². The summed E-state index contributed by atoms with van der Waals surface area (Å²) in [6.07, 6.45) is 1.69. The third-order valence-electron chi connectivity index (χ3n) is 4.68. The number of ether oxygens (including phenoxy) is 3. The van der Waals surface area contributed by atoms with Gasteiger partial charge in [0.1, 0.15) is 5.75 Å². The lowest BCUT2D eigenvalue weighted by atomic mass is 9.96. The molecule has 0 spiro atoms. The van der Waals surface area contributed by atoms with Crippen LogP contribution in [-0.4, -0.2) is 57.1 Å². The Morgan fingerprint density at radius 1 is 1.21 bits per heavy atom. The molecule has 1 amide bonds. The van der Waals surface area contributed by atoms with E-state index in [-0.39, 0.29) is 18.1 Å². The number of benzene rings is 1. The minimum atomic E-state index is -0.0922. The van der Waals surface area contributed by atoms with Gasteiger partial charge in [0.05, 0.1) is 20.3 Å². The predicted molar refractivity (Wildman–Crippen MR) is 89.7 cm³/mol. The first kappa shape index (κ1) is 17.2. The second kappa shape index (κ2) is 8.46. The highest BCUT2D eigenvalue weighted by Crippen LogP contribution is 2.19. The molecule has 1 aromatic carbocycles. The Balaban J connectivity index is 1.38. The average Bonchev–Trinajstić information content (AvgIpc) is 3.14. The Labute approximate surface area is 143 Å². The second-order valence-corrected chi connectivity index (χ2v) is 6.31. The minimum Gasteiger partial charge on any atom is -0.497 e. The summed E-state index contributed by atoms with van der Waals surface area (Å²) in [5, 5.41) is 3.05. The monoisotopic (exact) mass is 334 g/mol. The predicted octanol–water partition coefficient (Wildman–Crippen LogP) is 1.40. The average molecular weight is 334 g/mol. The van der Waals surface area contributed by atoms with Crippen LogP contribution in [0, 0.1) is 5.92 Å². The number of amides is 1. The van der Waals surface area contributed by atoms with Gasteiger partial charge in [-0.25, -0.2) is 0 Å². The molecule has 0 unspecified atom stereocenters. The molecule has 2 fully saturated rings. The Kier molecular flexibility index (Phi) is 6.07. The molecule has 6 heteroatoms. The van der Waals surface area contributed by atoms with E-state index in [0.29, 0.717) is 19.8 Å². The Hall–Kier alpha value is -1.63. The minimum absolute atomic E-state index is 0.0922. The number of hydrogen-bond acceptors (Lipinski definition) is 5. The fourth-order valence-electron chi connectivity index (χ4n) is 3.18. The molecule has 2 aliphatic heterocycles. The molecule has 3 rings (SSSR count). The van der Waals surface area contributed by atoms with Crippen molar-refractivity contribution < 1.29 is 19.0 Å². The van der Waals surface area contributed by atoms with Crippen molar-refractivity contribution in [3.8, 4) is 5.75 Å². The number of carbonyl (C=O) groups excluding carboxylic acids is 1. The summed E-state index contributed by atoms with van der Waals surface area (Å²) in [6, 6.07) is 7.77. The first-order valence-corrected chi connectivity index (χ1v) is 8.61. The number of hydrogen-bond donors (Lipinski definition) is 1. The van der Waals surface area contributed by atoms with E-state index in [9.17, 15) is 4.79 Å². The SMILES string of the molecule is COc1ccc(CNC(=O)C2CCN(CC3OCCO3)CC2)cc1. The van der Waals surface area contributed by atoms with Crippen LogP contribution in [-0.2, 0) is 20.8 Å². The summed E-state index contributed by atoms with van der Waals surface area (Å²) in [7, 11) is 1.65. The molecule has 2 heterocycles. The number of nitrogens with one attached hydrogen (secondary N) is 1. The van der Waals surface area contributed by atoms with Crippen LogP contribution < -0.4 is 10.1 Å². The van der Waals surface area contributed by atoms with E-state index in [4.69, 9.17) is 14.2 Å². The fourth-order valence-corrected chi connectivity index (χ4v) is 3.18. The smallest absolute Gasteiger partial charge is 0.223 e. The molecular formula is C18H26N2O4. The summed E-state index contributed by atoms with van der Waals surface area (Å²) in [5.41, 5.74) is 1.08. The lowest BCUT2D eigenvalue weighted by Crippen LogP contribution is -2.43. The maximum Gasteiger partial charge on any atom is 0.223 e. The normalized spacial score (nSPS) is 20.2. The van der Waals surface area contributed by atoms with Gasteiger partial charge in [-0.05, 0) is 43.6 Å². The van der Waals surface area contributed by atoms with E-state index >= 15 is 0 Å². The van der Waals surface area contributed by atoms with Crippen molar-refractivity contribution in [1.82, 2.24) is 10.2 Å². The van der Waals surface area contributed by atoms with Crippen molar-refractivity contribution in [3.63, 3.8) is 0 Å². The van der Waals surface area contributed by atoms with Gasteiger partial charge in [0.25, 0.3) is 0 Å². The number of rotatable bonds is 6. The van der Waals surface area contributed by atoms with Crippen LogP contribution in [0.25, 0.3) is 0 Å². The highest BCUT2D eigenvalue weighted by molar-refractivity contribution is 5.78. The zero-order chi connectivity index (χ0) is 16.8. The largest absolute Gasteiger partial charge is 0.497 e. The van der Waals surface area contributed by atoms with Crippen molar-refractivity contribution in [1.29, 1.82) is 0 Å². The number of carbonyl (C=O) groups is 1. The van der Waals surface area contributed by atoms with Crippen LogP contribution in [0.1, 0.15) is 18.4 Å². The summed E-state index contributed by atoms with van der Waals surface area (Å²) in [6.45, 7) is 4.59. The zero-order valence-electron chi connectivity index (χ0n) is 14.2. The van der Waals surface area contributed by atoms with Gasteiger partial charge >= 0.3 is 0 Å². The molecule has 0 aromatic heterocycles. The quantitative estimate of drug-likeness (QED) is 0.852. The van der Waals surface area contributed by atoms with Crippen LogP contribution >= 0.6 is 0 Å². The van der Waals surface area contributed by atoms with Crippen molar-refractivity contribution in [2.75, 3.05) is 40.0 Å². The van der Waals surface area contributed by atoms with E-state index in [1.807, 2.05) is 24.3 Å². The number of nitrogens with zero attached hydrogens (tertiary/aromatic N) is 1. The fraction of sp³-hybridized carbons (Fsp3) is 0.611. The van der Waals surface area contributed by atoms with E-state index in [1.54, 1.807) is 7.11 Å². The van der Waals surface area contributed by atoms with Crippen LogP contribution in [0.4, 0.5) is 0 Å². The van der Waals surface area contributed by atoms with Crippen molar-refractivity contribution in [3.05, 3.63) is 29.8 Å². The summed E-state index contributed by atoms with van der Waals surface area (Å²) in [5.74, 6) is 1.08. The van der Waals surface area contributed by atoms with Gasteiger partial charge in [0.2, 0.25) is 5.91 Å². The molecule has 0 saturated carbocycles. The summed E-state index contributed by atoms with van der Waals surface area (Å²) < 4.78 is 16.1. The molecule has 1 N–H and O–H groups in total. The van der Waals surface area contributed by atoms with Gasteiger partial charge in [0.15, 0.2) is 6.29 Å². The number of piperidine rings is 1. The van der Waals surface area contributed by atoms with Gasteiger partial charge < -0.3 is 19.5 Å². The summed E-state index contributed by atoms with van der Waals surface area (Å²) >= 11 is 0. The lowest BCUT2D eigenvalue weighted by molar-refractivity contribution is -0.127. The van der Waals surface area contributed by atoms with E-state index in [1.165, 1.54) is 0 Å². The third kappa shape index (κ3) is 4.69. The maximum absolute atomic E-state index is 12.3. The standard InChI is InChI=1S/C18H26N2O4/c1-22-16-4-2-14(3-5-16)12-19-18(21)15-6-8-20(9-7-15)13-17-23-10-11-24-17/h2-5,15,17H,6-13H2,1H3,(H,19,21). The second-order valence-electron chi connectivity index (χ2n) is 6.31. The molecule has 132 valence electrons. The Bertz CT molecular complexity index is 520. The highest BCUT2D eigenvalue weighted by atomic mass is 16.7. The van der Waals surface area contributed by atoms with Crippen LogP contribution in [0.5, 0.6) is 5.75 Å². The number of methoxy groups -OCH3 is 1. The van der Waals surface area contributed by atoms with Gasteiger partial charge in [-0.3, -0.25) is 9.69 Å². The van der Waals surface area contributed by atoms with E-state index in [0.717, 1.165) is 43.8 Å². The van der Waals surface area contributed by atoms with Crippen molar-refractivity contribution in [2.45, 2.75) is 25.7 Å². The molecule has 2 aliphatic rings. The van der Waals surface area contributed by atoms with Gasteiger partial charge in [-0.2, -0.15) is 0 Å². The van der Waals surface area contributed by atoms with Gasteiger partial charge in [0, 0.05) is 19.0 Å². The van der Waals surface area contributed by atoms with Gasteiger partial charge in [-0.1, -0.05) is 12.1 Å². The summed E-state index contributed by atoms with van der Waals surface area (Å²) in [4.78, 5) is 14.7. The highest BCUT2D eigenvalue weighted by Gasteiger charge is 2.27. The van der Waals surface area contributed by atoms with Crippen molar-refractivity contribution >= 4 is 5.91 Å². The maximum atomic E-state index is 12.3. The molecule has 0 radical (unpaired) electrons. The molecule has 24 heavy (non-hydrogen) atoms. The molecule has 2 saturated heterocycles. The zero-order valence-corrected chi connectivity index (χ0v) is 14.2. The lowest BCUT2D eigenvalue weighted by Gasteiger charge is -2.32. The molecule has 0 aliphatic carbocycles. The van der Waals surface area contributed by atoms with Crippen molar-refractivity contribution in [2.24, 2.45) is 5.92 Å². The van der Waals surface area contributed by atoms with E-state index in [2.05, 4.69) is 10.2 Å². The molecule has 0 atom stereocenters. The first-order valence-electron chi connectivity index (χ1n) is 8.61. The Morgan fingerprint density at radius 3 is 2.50 bits per heavy atom. The molecule has 6 nitrogen and oxygen atoms in total. The Morgan fingerprint density at radius 2 is 1.88 bits per heavy atom.